The maximum atomic E-state index is 8.55. The van der Waals surface area contributed by atoms with Gasteiger partial charge in [0.25, 0.3) is 0 Å². The number of hydrogen-bond donors (Lipinski definition) is 3. The zero-order valence-electron chi connectivity index (χ0n) is 18.3. The Kier molecular flexibility index (Phi) is 10.2. The van der Waals surface area contributed by atoms with E-state index in [-0.39, 0.29) is 0 Å². The van der Waals surface area contributed by atoms with Crippen LogP contribution in [0.25, 0.3) is 5.70 Å². The third-order valence-corrected chi connectivity index (χ3v) is 4.50. The van der Waals surface area contributed by atoms with E-state index < -0.39 is 0 Å². The highest BCUT2D eigenvalue weighted by molar-refractivity contribution is 6.14. The van der Waals surface area contributed by atoms with Gasteiger partial charge in [0.2, 0.25) is 0 Å². The molecule has 1 aliphatic carbocycles. The van der Waals surface area contributed by atoms with Gasteiger partial charge < -0.3 is 11.5 Å². The van der Waals surface area contributed by atoms with Gasteiger partial charge in [-0.05, 0) is 41.2 Å². The Balaban J connectivity index is 0.00000204. The number of rotatable bonds is 7. The van der Waals surface area contributed by atoms with Crippen molar-refractivity contribution in [2.24, 2.45) is 11.5 Å². The van der Waals surface area contributed by atoms with Crippen molar-refractivity contribution >= 4 is 11.4 Å². The van der Waals surface area contributed by atoms with Crippen molar-refractivity contribution in [3.05, 3.63) is 101 Å². The van der Waals surface area contributed by atoms with Crippen LogP contribution in [0.15, 0.2) is 95.3 Å². The van der Waals surface area contributed by atoms with Crippen LogP contribution in [0.5, 0.6) is 0 Å². The topological polar surface area (TPSA) is 75.9 Å². The fourth-order valence-electron chi connectivity index (χ4n) is 3.11. The molecule has 5 N–H and O–H groups in total. The number of hydrogen-bond acceptors (Lipinski definition) is 3. The van der Waals surface area contributed by atoms with Crippen LogP contribution < -0.4 is 11.5 Å². The molecule has 0 atom stereocenters. The van der Waals surface area contributed by atoms with E-state index in [2.05, 4.69) is 26.5 Å². The molecule has 1 aliphatic rings. The van der Waals surface area contributed by atoms with Gasteiger partial charge in [-0.15, -0.1) is 0 Å². The van der Waals surface area contributed by atoms with Crippen molar-refractivity contribution in [3.63, 3.8) is 0 Å². The predicted molar refractivity (Wildman–Crippen MR) is 129 cm³/mol. The molecule has 29 heavy (non-hydrogen) atoms. The molecule has 0 fully saturated rings. The smallest absolute Gasteiger partial charge is 0.0850 e. The summed E-state index contributed by atoms with van der Waals surface area (Å²) in [4.78, 5) is 0. The summed E-state index contributed by atoms with van der Waals surface area (Å²) in [6, 6.07) is 9.86. The van der Waals surface area contributed by atoms with E-state index in [4.69, 9.17) is 16.9 Å². The average molecular weight is 390 g/mol. The molecule has 0 amide bonds. The molecule has 0 saturated heterocycles. The van der Waals surface area contributed by atoms with E-state index in [1.807, 2.05) is 62.4 Å². The van der Waals surface area contributed by atoms with Crippen LogP contribution in [-0.4, -0.2) is 5.71 Å². The Hall–Kier alpha value is -3.07. The highest BCUT2D eigenvalue weighted by Gasteiger charge is 2.18. The third kappa shape index (κ3) is 6.21. The predicted octanol–water partition coefficient (Wildman–Crippen LogP) is 6.43. The minimum atomic E-state index is 0.351. The molecular weight excluding hydrogens is 354 g/mol. The zero-order valence-corrected chi connectivity index (χ0v) is 18.3. The molecule has 0 radical (unpaired) electrons. The summed E-state index contributed by atoms with van der Waals surface area (Å²) in [5, 5.41) is 8.55. The number of benzene rings is 1. The number of nitrogens with two attached hydrogens (primary N) is 2. The van der Waals surface area contributed by atoms with Crippen molar-refractivity contribution in [3.8, 4) is 0 Å². The highest BCUT2D eigenvalue weighted by Crippen LogP contribution is 2.28. The largest absolute Gasteiger partial charge is 0.398 e. The summed E-state index contributed by atoms with van der Waals surface area (Å²) in [6.07, 6.45) is 12.5. The Labute approximate surface area is 176 Å². The molecular formula is C26H35N3. The van der Waals surface area contributed by atoms with Crippen molar-refractivity contribution in [1.29, 1.82) is 5.41 Å². The summed E-state index contributed by atoms with van der Waals surface area (Å²) < 4.78 is 0. The van der Waals surface area contributed by atoms with Crippen LogP contribution in [-0.2, 0) is 0 Å². The van der Waals surface area contributed by atoms with Crippen LogP contribution in [0.3, 0.4) is 0 Å². The van der Waals surface area contributed by atoms with E-state index in [1.54, 1.807) is 6.08 Å². The lowest BCUT2D eigenvalue weighted by Gasteiger charge is -2.19. The molecule has 0 unspecified atom stereocenters. The van der Waals surface area contributed by atoms with Crippen molar-refractivity contribution < 1.29 is 0 Å². The monoisotopic (exact) mass is 389 g/mol. The van der Waals surface area contributed by atoms with E-state index in [0.29, 0.717) is 17.1 Å². The second kappa shape index (κ2) is 12.4. The first-order valence-corrected chi connectivity index (χ1v) is 10.4. The van der Waals surface area contributed by atoms with E-state index in [1.165, 1.54) is 0 Å². The summed E-state index contributed by atoms with van der Waals surface area (Å²) in [6.45, 7) is 12.2. The van der Waals surface area contributed by atoms with Gasteiger partial charge in [-0.1, -0.05) is 95.3 Å². The van der Waals surface area contributed by atoms with Gasteiger partial charge in [0, 0.05) is 11.3 Å². The molecule has 0 bridgehead atoms. The summed E-state index contributed by atoms with van der Waals surface area (Å²) in [5.41, 5.74) is 18.7. The Morgan fingerprint density at radius 3 is 2.31 bits per heavy atom. The molecule has 3 heteroatoms. The van der Waals surface area contributed by atoms with Gasteiger partial charge in [0.15, 0.2) is 0 Å². The van der Waals surface area contributed by atoms with Crippen molar-refractivity contribution in [1.82, 2.24) is 0 Å². The van der Waals surface area contributed by atoms with Crippen LogP contribution >= 0.6 is 0 Å². The molecule has 0 aliphatic heterocycles. The van der Waals surface area contributed by atoms with Gasteiger partial charge >= 0.3 is 0 Å². The zero-order chi connectivity index (χ0) is 21.8. The molecule has 1 aromatic rings. The van der Waals surface area contributed by atoms with Gasteiger partial charge in [0.05, 0.1) is 11.4 Å². The second-order valence-corrected chi connectivity index (χ2v) is 6.46. The van der Waals surface area contributed by atoms with Crippen LogP contribution in [0.2, 0.25) is 0 Å². The fourth-order valence-corrected chi connectivity index (χ4v) is 3.11. The van der Waals surface area contributed by atoms with Gasteiger partial charge in [-0.3, -0.25) is 5.41 Å². The molecule has 0 aromatic heterocycles. The first-order valence-electron chi connectivity index (χ1n) is 10.4. The Morgan fingerprint density at radius 2 is 1.76 bits per heavy atom. The van der Waals surface area contributed by atoms with E-state index in [9.17, 15) is 0 Å². The lowest BCUT2D eigenvalue weighted by atomic mass is 9.88. The molecule has 0 spiro atoms. The lowest BCUT2D eigenvalue weighted by molar-refractivity contribution is 0.915. The molecule has 3 nitrogen and oxygen atoms in total. The lowest BCUT2D eigenvalue weighted by Crippen LogP contribution is -2.19. The second-order valence-electron chi connectivity index (χ2n) is 6.46. The molecule has 2 rings (SSSR count). The van der Waals surface area contributed by atoms with Crippen LogP contribution in [0.1, 0.15) is 52.5 Å². The van der Waals surface area contributed by atoms with Gasteiger partial charge in [-0.25, -0.2) is 0 Å². The standard InChI is InChI=1S/C24H29N3.C2H6/c1-4-10-18-14-15-21(24(27)23(18)26)20(6-3)19(11-5-2)16-22(25)17-12-8-7-9-13-17;1-2/h6-9,11-16,27H,3-5,10,25-26H2,1-2H3;1-2H3/b19-11+,21-20+,22-16-,27-24?;. The third-order valence-electron chi connectivity index (χ3n) is 4.50. The maximum Gasteiger partial charge on any atom is 0.0850 e. The first-order chi connectivity index (χ1) is 14.0. The van der Waals surface area contributed by atoms with E-state index in [0.717, 1.165) is 47.1 Å². The first kappa shape index (κ1) is 24.0. The van der Waals surface area contributed by atoms with Gasteiger partial charge in [-0.2, -0.15) is 0 Å². The normalized spacial score (nSPS) is 16.3. The van der Waals surface area contributed by atoms with Crippen LogP contribution in [0.4, 0.5) is 0 Å². The maximum absolute atomic E-state index is 8.55. The number of nitrogens with one attached hydrogen (secondary N) is 1. The number of allylic oxidation sites excluding steroid dienone is 9. The highest BCUT2D eigenvalue weighted by atomic mass is 14.7. The molecule has 1 aromatic carbocycles. The Morgan fingerprint density at radius 1 is 1.10 bits per heavy atom. The minimum absolute atomic E-state index is 0.351. The quantitative estimate of drug-likeness (QED) is 0.470. The van der Waals surface area contributed by atoms with Crippen LogP contribution in [0, 0.1) is 5.41 Å². The SMILES string of the molecule is C=CC(/C(/C=C(\N)c1ccccc1)=C/CC)=C1/C=CC(CCC)=C(N)C1=N.CC. The summed E-state index contributed by atoms with van der Waals surface area (Å²) >= 11 is 0. The fraction of sp³-hybridized carbons (Fsp3) is 0.269. The summed E-state index contributed by atoms with van der Waals surface area (Å²) in [5.74, 6) is 0. The average Bonchev–Trinajstić information content (AvgIpc) is 2.75. The summed E-state index contributed by atoms with van der Waals surface area (Å²) in [7, 11) is 0. The minimum Gasteiger partial charge on any atom is -0.398 e. The van der Waals surface area contributed by atoms with Gasteiger partial charge in [0.1, 0.15) is 0 Å². The van der Waals surface area contributed by atoms with Crippen molar-refractivity contribution in [2.45, 2.75) is 47.0 Å². The van der Waals surface area contributed by atoms with Crippen molar-refractivity contribution in [2.75, 3.05) is 0 Å². The molecule has 0 heterocycles. The Bertz CT molecular complexity index is 862. The molecule has 154 valence electrons. The van der Waals surface area contributed by atoms with E-state index >= 15 is 0 Å². The molecule has 0 saturated carbocycles.